The third-order valence-electron chi connectivity index (χ3n) is 4.67. The summed E-state index contributed by atoms with van der Waals surface area (Å²) in [6.07, 6.45) is 5.32. The van der Waals surface area contributed by atoms with Crippen molar-refractivity contribution in [3.05, 3.63) is 94.9 Å². The lowest BCUT2D eigenvalue weighted by molar-refractivity contribution is -0.122. The summed E-state index contributed by atoms with van der Waals surface area (Å²) in [6.45, 7) is 0.197. The molecule has 0 aliphatic carbocycles. The summed E-state index contributed by atoms with van der Waals surface area (Å²) < 4.78 is 14.9. The van der Waals surface area contributed by atoms with E-state index in [-0.39, 0.29) is 29.7 Å². The van der Waals surface area contributed by atoms with Gasteiger partial charge in [0.15, 0.2) is 0 Å². The highest BCUT2D eigenvalue weighted by Crippen LogP contribution is 2.31. The number of thioether (sulfide) groups is 1. The molecule has 8 heteroatoms. The number of halogens is 1. The van der Waals surface area contributed by atoms with Crippen molar-refractivity contribution in [3.63, 3.8) is 0 Å². The Morgan fingerprint density at radius 2 is 1.77 bits per heavy atom. The first-order chi connectivity index (χ1) is 15.0. The maximum Gasteiger partial charge on any atom is 0.293 e. The van der Waals surface area contributed by atoms with E-state index >= 15 is 0 Å². The molecule has 6 nitrogen and oxygen atoms in total. The lowest BCUT2D eigenvalue weighted by Crippen LogP contribution is -2.37. The SMILES string of the molecule is O=C(NCCN1C(=O)S/C(=C\c2ccc(F)cc2)C1=O)c1cccc(-n2cccc2)c1. The Labute approximate surface area is 182 Å². The number of imide groups is 1. The number of hydrogen-bond acceptors (Lipinski definition) is 4. The van der Waals surface area contributed by atoms with Crippen molar-refractivity contribution in [1.29, 1.82) is 0 Å². The number of hydrogen-bond donors (Lipinski definition) is 1. The Morgan fingerprint density at radius 1 is 1.03 bits per heavy atom. The summed E-state index contributed by atoms with van der Waals surface area (Å²) in [4.78, 5) is 38.6. The molecule has 0 radical (unpaired) electrons. The number of benzene rings is 2. The predicted molar refractivity (Wildman–Crippen MR) is 117 cm³/mol. The zero-order valence-electron chi connectivity index (χ0n) is 16.3. The second-order valence-electron chi connectivity index (χ2n) is 6.78. The number of nitrogens with one attached hydrogen (secondary N) is 1. The van der Waals surface area contributed by atoms with E-state index in [1.807, 2.05) is 35.2 Å². The molecule has 156 valence electrons. The maximum atomic E-state index is 13.0. The molecule has 1 fully saturated rings. The number of amides is 3. The molecular weight excluding hydrogens is 417 g/mol. The number of nitrogens with zero attached hydrogens (tertiary/aromatic N) is 2. The van der Waals surface area contributed by atoms with Gasteiger partial charge in [-0.15, -0.1) is 0 Å². The van der Waals surface area contributed by atoms with Crippen molar-refractivity contribution in [2.75, 3.05) is 13.1 Å². The summed E-state index contributed by atoms with van der Waals surface area (Å²) in [6, 6.07) is 16.6. The van der Waals surface area contributed by atoms with Crippen LogP contribution in [0.2, 0.25) is 0 Å². The molecule has 31 heavy (non-hydrogen) atoms. The number of carbonyl (C=O) groups excluding carboxylic acids is 3. The van der Waals surface area contributed by atoms with Gasteiger partial charge in [0.1, 0.15) is 5.82 Å². The van der Waals surface area contributed by atoms with Crippen LogP contribution in [0, 0.1) is 5.82 Å². The standard InChI is InChI=1S/C23H18FN3O3S/c24-18-8-6-16(7-9-18)14-20-22(29)27(23(30)31-20)13-10-25-21(28)17-4-3-5-19(15-17)26-11-1-2-12-26/h1-9,11-12,14-15H,10,13H2,(H,25,28)/b20-14-. The van der Waals surface area contributed by atoms with Crippen LogP contribution in [0.1, 0.15) is 15.9 Å². The molecule has 1 aromatic heterocycles. The van der Waals surface area contributed by atoms with Crippen molar-refractivity contribution in [2.24, 2.45) is 0 Å². The highest BCUT2D eigenvalue weighted by atomic mass is 32.2. The summed E-state index contributed by atoms with van der Waals surface area (Å²) in [5.41, 5.74) is 1.97. The van der Waals surface area contributed by atoms with Gasteiger partial charge < -0.3 is 9.88 Å². The second-order valence-corrected chi connectivity index (χ2v) is 7.77. The van der Waals surface area contributed by atoms with E-state index in [4.69, 9.17) is 0 Å². The lowest BCUT2D eigenvalue weighted by Gasteiger charge is -2.13. The molecule has 1 aliphatic rings. The van der Waals surface area contributed by atoms with Gasteiger partial charge >= 0.3 is 0 Å². The topological polar surface area (TPSA) is 71.4 Å². The summed E-state index contributed by atoms with van der Waals surface area (Å²) >= 11 is 0.826. The average Bonchev–Trinajstić information content (AvgIpc) is 3.40. The smallest absolute Gasteiger partial charge is 0.293 e. The van der Waals surface area contributed by atoms with Crippen molar-refractivity contribution in [1.82, 2.24) is 14.8 Å². The zero-order valence-corrected chi connectivity index (χ0v) is 17.1. The Hall–Kier alpha value is -3.65. The Balaban J connectivity index is 1.36. The normalized spacial score (nSPS) is 15.0. The zero-order chi connectivity index (χ0) is 21.8. The van der Waals surface area contributed by atoms with Gasteiger partial charge in [0.05, 0.1) is 4.91 Å². The third-order valence-corrected chi connectivity index (χ3v) is 5.58. The molecule has 2 heterocycles. The fraction of sp³-hybridized carbons (Fsp3) is 0.0870. The minimum atomic E-state index is -0.428. The van der Waals surface area contributed by atoms with E-state index in [1.165, 1.54) is 24.3 Å². The third kappa shape index (κ3) is 4.75. The molecule has 0 atom stereocenters. The largest absolute Gasteiger partial charge is 0.350 e. The molecule has 4 rings (SSSR count). The van der Waals surface area contributed by atoms with E-state index in [2.05, 4.69) is 5.32 Å². The van der Waals surface area contributed by atoms with Crippen LogP contribution >= 0.6 is 11.8 Å². The van der Waals surface area contributed by atoms with Gasteiger partial charge in [-0.1, -0.05) is 18.2 Å². The van der Waals surface area contributed by atoms with Crippen LogP contribution in [0.5, 0.6) is 0 Å². The Morgan fingerprint density at radius 3 is 2.52 bits per heavy atom. The van der Waals surface area contributed by atoms with Gasteiger partial charge in [0.2, 0.25) is 0 Å². The highest BCUT2D eigenvalue weighted by Gasteiger charge is 2.34. The summed E-state index contributed by atoms with van der Waals surface area (Å²) in [5, 5.41) is 2.34. The fourth-order valence-electron chi connectivity index (χ4n) is 3.10. The van der Waals surface area contributed by atoms with Crippen molar-refractivity contribution >= 4 is 34.9 Å². The molecule has 1 saturated heterocycles. The maximum absolute atomic E-state index is 13.0. The van der Waals surface area contributed by atoms with Crippen molar-refractivity contribution < 1.29 is 18.8 Å². The van der Waals surface area contributed by atoms with Crippen LogP contribution in [-0.4, -0.2) is 39.6 Å². The first-order valence-electron chi connectivity index (χ1n) is 9.54. The van der Waals surface area contributed by atoms with Crippen LogP contribution in [0.4, 0.5) is 9.18 Å². The van der Waals surface area contributed by atoms with Crippen LogP contribution in [0.15, 0.2) is 78.0 Å². The quantitative estimate of drug-likeness (QED) is 0.592. The molecule has 0 spiro atoms. The monoisotopic (exact) mass is 435 g/mol. The minimum Gasteiger partial charge on any atom is -0.350 e. The van der Waals surface area contributed by atoms with Gasteiger partial charge in [-0.05, 0) is 65.9 Å². The van der Waals surface area contributed by atoms with Crippen molar-refractivity contribution in [3.8, 4) is 5.69 Å². The van der Waals surface area contributed by atoms with Gasteiger partial charge in [-0.2, -0.15) is 0 Å². The number of rotatable bonds is 6. The predicted octanol–water partition coefficient (Wildman–Crippen LogP) is 4.08. The lowest BCUT2D eigenvalue weighted by atomic mass is 10.2. The molecule has 3 amide bonds. The number of carbonyl (C=O) groups is 3. The molecule has 2 aromatic carbocycles. The minimum absolute atomic E-state index is 0.0639. The van der Waals surface area contributed by atoms with Gasteiger partial charge in [-0.3, -0.25) is 19.3 Å². The van der Waals surface area contributed by atoms with E-state index in [0.717, 1.165) is 22.3 Å². The average molecular weight is 435 g/mol. The molecule has 3 aromatic rings. The van der Waals surface area contributed by atoms with E-state index in [9.17, 15) is 18.8 Å². The summed E-state index contributed by atoms with van der Waals surface area (Å²) in [7, 11) is 0. The Kier molecular flexibility index (Phi) is 5.99. The van der Waals surface area contributed by atoms with Gasteiger partial charge in [-0.25, -0.2) is 4.39 Å². The van der Waals surface area contributed by atoms with Crippen LogP contribution < -0.4 is 5.32 Å². The van der Waals surface area contributed by atoms with Gasteiger partial charge in [0, 0.05) is 36.7 Å². The van der Waals surface area contributed by atoms with Crippen LogP contribution in [0.25, 0.3) is 11.8 Å². The number of aromatic nitrogens is 1. The second kappa shape index (κ2) is 9.01. The first-order valence-corrected chi connectivity index (χ1v) is 10.4. The molecular formula is C23H18FN3O3S. The highest BCUT2D eigenvalue weighted by molar-refractivity contribution is 8.18. The molecule has 1 aliphatic heterocycles. The molecule has 0 saturated carbocycles. The van der Waals surface area contributed by atoms with E-state index in [1.54, 1.807) is 24.3 Å². The molecule has 0 bridgehead atoms. The first kappa shape index (κ1) is 20.6. The molecule has 1 N–H and O–H groups in total. The van der Waals surface area contributed by atoms with Crippen LogP contribution in [0.3, 0.4) is 0 Å². The van der Waals surface area contributed by atoms with Crippen molar-refractivity contribution in [2.45, 2.75) is 0 Å². The molecule has 0 unspecified atom stereocenters. The fourth-order valence-corrected chi connectivity index (χ4v) is 3.97. The summed E-state index contributed by atoms with van der Waals surface area (Å²) in [5.74, 6) is -1.09. The van der Waals surface area contributed by atoms with E-state index < -0.39 is 11.1 Å². The van der Waals surface area contributed by atoms with Crippen LogP contribution in [-0.2, 0) is 4.79 Å². The van der Waals surface area contributed by atoms with Gasteiger partial charge in [0.25, 0.3) is 17.1 Å². The Bertz CT molecular complexity index is 1160. The van der Waals surface area contributed by atoms with E-state index in [0.29, 0.717) is 11.1 Å².